The molecule has 0 spiro atoms. The van der Waals surface area contributed by atoms with E-state index in [1.165, 1.54) is 24.6 Å². The second-order valence-electron chi connectivity index (χ2n) is 7.96. The molecule has 1 aliphatic rings. The SMILES string of the molecule is C/C(=C\SC(C)NC(=O)CNC(=O)c1ccccc1)c1cccc(/C2=C/CCCCC=N2)c1. The number of nitrogens with one attached hydrogen (secondary N) is 2. The molecule has 0 radical (unpaired) electrons. The molecule has 172 valence electrons. The molecular formula is C27H31N3O2S. The Morgan fingerprint density at radius 3 is 2.64 bits per heavy atom. The lowest BCUT2D eigenvalue weighted by Gasteiger charge is -2.13. The lowest BCUT2D eigenvalue weighted by molar-refractivity contribution is -0.120. The summed E-state index contributed by atoms with van der Waals surface area (Å²) in [7, 11) is 0. The highest BCUT2D eigenvalue weighted by Crippen LogP contribution is 2.25. The maximum atomic E-state index is 12.2. The largest absolute Gasteiger partial charge is 0.343 e. The number of nitrogens with zero attached hydrogens (tertiary/aromatic N) is 1. The average molecular weight is 462 g/mol. The maximum Gasteiger partial charge on any atom is 0.251 e. The number of benzene rings is 2. The van der Waals surface area contributed by atoms with Crippen LogP contribution in [0.25, 0.3) is 11.3 Å². The number of aliphatic imine (C=N–C) groups is 1. The van der Waals surface area contributed by atoms with Gasteiger partial charge in [0.15, 0.2) is 0 Å². The predicted octanol–water partition coefficient (Wildman–Crippen LogP) is 5.66. The summed E-state index contributed by atoms with van der Waals surface area (Å²) in [5, 5.41) is 7.49. The number of carbonyl (C=O) groups excluding carboxylic acids is 2. The fraction of sp³-hybridized carbons (Fsp3) is 0.296. The Balaban J connectivity index is 1.51. The van der Waals surface area contributed by atoms with E-state index in [-0.39, 0.29) is 23.7 Å². The summed E-state index contributed by atoms with van der Waals surface area (Å²) in [6, 6.07) is 17.3. The van der Waals surface area contributed by atoms with Gasteiger partial charge in [-0.1, -0.05) is 42.5 Å². The molecule has 2 amide bonds. The van der Waals surface area contributed by atoms with Crippen LogP contribution in [0.2, 0.25) is 0 Å². The van der Waals surface area contributed by atoms with Crippen LogP contribution in [-0.2, 0) is 4.79 Å². The Hall–Kier alpha value is -3.12. The van der Waals surface area contributed by atoms with Gasteiger partial charge in [-0.15, -0.1) is 11.8 Å². The summed E-state index contributed by atoms with van der Waals surface area (Å²) >= 11 is 1.53. The van der Waals surface area contributed by atoms with Crippen LogP contribution in [0, 0.1) is 0 Å². The van der Waals surface area contributed by atoms with Crippen molar-refractivity contribution in [3.8, 4) is 0 Å². The van der Waals surface area contributed by atoms with E-state index < -0.39 is 0 Å². The zero-order valence-electron chi connectivity index (χ0n) is 19.2. The van der Waals surface area contributed by atoms with E-state index in [9.17, 15) is 9.59 Å². The van der Waals surface area contributed by atoms with E-state index in [2.05, 4.69) is 58.3 Å². The highest BCUT2D eigenvalue weighted by Gasteiger charge is 2.10. The number of hydrogen-bond donors (Lipinski definition) is 2. The molecule has 0 aliphatic carbocycles. The van der Waals surface area contributed by atoms with Gasteiger partial charge in [0.25, 0.3) is 5.91 Å². The minimum Gasteiger partial charge on any atom is -0.343 e. The van der Waals surface area contributed by atoms with Gasteiger partial charge in [-0.3, -0.25) is 14.6 Å². The van der Waals surface area contributed by atoms with Crippen LogP contribution < -0.4 is 10.6 Å². The normalized spacial score (nSPS) is 16.7. The fourth-order valence-electron chi connectivity index (χ4n) is 3.39. The molecule has 1 aliphatic heterocycles. The quantitative estimate of drug-likeness (QED) is 0.499. The Morgan fingerprint density at radius 1 is 1.06 bits per heavy atom. The van der Waals surface area contributed by atoms with Gasteiger partial charge in [-0.05, 0) is 74.3 Å². The van der Waals surface area contributed by atoms with E-state index in [4.69, 9.17) is 0 Å². The van der Waals surface area contributed by atoms with Gasteiger partial charge >= 0.3 is 0 Å². The first kappa shape index (κ1) is 24.5. The highest BCUT2D eigenvalue weighted by atomic mass is 32.2. The molecule has 0 saturated carbocycles. The summed E-state index contributed by atoms with van der Waals surface area (Å²) in [6.07, 6.45) is 8.72. The molecule has 0 bridgehead atoms. The Morgan fingerprint density at radius 2 is 1.82 bits per heavy atom. The van der Waals surface area contributed by atoms with Crippen molar-refractivity contribution in [2.45, 2.75) is 44.9 Å². The number of carbonyl (C=O) groups is 2. The van der Waals surface area contributed by atoms with Crippen molar-refractivity contribution in [3.05, 3.63) is 82.8 Å². The fourth-order valence-corrected chi connectivity index (χ4v) is 4.13. The van der Waals surface area contributed by atoms with Crippen molar-refractivity contribution in [3.63, 3.8) is 0 Å². The van der Waals surface area contributed by atoms with Crippen LogP contribution in [0.3, 0.4) is 0 Å². The lowest BCUT2D eigenvalue weighted by Crippen LogP contribution is -2.39. The molecule has 0 fully saturated rings. The second kappa shape index (κ2) is 12.8. The number of rotatable bonds is 8. The molecule has 2 aromatic rings. The summed E-state index contributed by atoms with van der Waals surface area (Å²) in [5.74, 6) is -0.480. The first-order valence-electron chi connectivity index (χ1n) is 11.3. The summed E-state index contributed by atoms with van der Waals surface area (Å²) < 4.78 is 0. The second-order valence-corrected chi connectivity index (χ2v) is 9.18. The van der Waals surface area contributed by atoms with Gasteiger partial charge in [0.2, 0.25) is 5.91 Å². The molecule has 5 nitrogen and oxygen atoms in total. The van der Waals surface area contributed by atoms with Gasteiger partial charge < -0.3 is 10.6 Å². The minimum absolute atomic E-state index is 0.0565. The standard InChI is InChI=1S/C27H31N3O2S/c1-20(23-13-10-14-24(17-23)25-15-8-3-4-9-16-28-25)19-33-21(2)30-26(31)18-29-27(32)22-11-6-5-7-12-22/h5-7,10-17,19,21H,3-4,8-9,18H2,1-2H3,(H,29,32)(H,30,31)/b20-19+,25-15-,28-16?. The van der Waals surface area contributed by atoms with Crippen LogP contribution in [0.1, 0.15) is 61.0 Å². The van der Waals surface area contributed by atoms with Crippen LogP contribution in [0.4, 0.5) is 0 Å². The van der Waals surface area contributed by atoms with E-state index in [0.717, 1.165) is 35.2 Å². The van der Waals surface area contributed by atoms with Crippen molar-refractivity contribution in [2.75, 3.05) is 6.54 Å². The molecule has 3 rings (SSSR count). The molecule has 1 heterocycles. The maximum absolute atomic E-state index is 12.2. The van der Waals surface area contributed by atoms with Crippen LogP contribution in [0.15, 0.2) is 71.1 Å². The van der Waals surface area contributed by atoms with Crippen molar-refractivity contribution in [1.29, 1.82) is 0 Å². The number of thioether (sulfide) groups is 1. The lowest BCUT2D eigenvalue weighted by atomic mass is 10.0. The third-order valence-corrected chi connectivity index (χ3v) is 6.24. The van der Waals surface area contributed by atoms with Gasteiger partial charge in [-0.25, -0.2) is 0 Å². The predicted molar refractivity (Wildman–Crippen MR) is 139 cm³/mol. The Bertz CT molecular complexity index is 1040. The van der Waals surface area contributed by atoms with Gasteiger partial charge in [-0.2, -0.15) is 0 Å². The van der Waals surface area contributed by atoms with Crippen molar-refractivity contribution >= 4 is 41.1 Å². The summed E-state index contributed by atoms with van der Waals surface area (Å²) in [6.45, 7) is 3.94. The van der Waals surface area contributed by atoms with E-state index in [1.54, 1.807) is 24.3 Å². The molecule has 2 aromatic carbocycles. The molecule has 0 aromatic heterocycles. The van der Waals surface area contributed by atoms with Crippen molar-refractivity contribution in [2.24, 2.45) is 4.99 Å². The van der Waals surface area contributed by atoms with Crippen LogP contribution in [-0.4, -0.2) is 29.9 Å². The molecular weight excluding hydrogens is 430 g/mol. The van der Waals surface area contributed by atoms with Gasteiger partial charge in [0.1, 0.15) is 0 Å². The third-order valence-electron chi connectivity index (χ3n) is 5.23. The zero-order chi connectivity index (χ0) is 23.5. The van der Waals surface area contributed by atoms with E-state index >= 15 is 0 Å². The molecule has 0 saturated heterocycles. The zero-order valence-corrected chi connectivity index (χ0v) is 20.0. The number of allylic oxidation sites excluding steroid dienone is 2. The van der Waals surface area contributed by atoms with Crippen LogP contribution >= 0.6 is 11.8 Å². The molecule has 1 atom stereocenters. The number of amides is 2. The van der Waals surface area contributed by atoms with Crippen molar-refractivity contribution < 1.29 is 9.59 Å². The molecule has 1 unspecified atom stereocenters. The molecule has 2 N–H and O–H groups in total. The molecule has 6 heteroatoms. The van der Waals surface area contributed by atoms with Crippen molar-refractivity contribution in [1.82, 2.24) is 10.6 Å². The van der Waals surface area contributed by atoms with Crippen LogP contribution in [0.5, 0.6) is 0 Å². The average Bonchev–Trinajstić information content (AvgIpc) is 2.81. The monoisotopic (exact) mass is 461 g/mol. The first-order chi connectivity index (χ1) is 16.0. The van der Waals surface area contributed by atoms with E-state index in [1.807, 2.05) is 19.2 Å². The van der Waals surface area contributed by atoms with Gasteiger partial charge in [0, 0.05) is 17.3 Å². The minimum atomic E-state index is -0.259. The third kappa shape index (κ3) is 8.06. The Kier molecular flexibility index (Phi) is 9.51. The smallest absolute Gasteiger partial charge is 0.251 e. The Labute approximate surface area is 200 Å². The summed E-state index contributed by atoms with van der Waals surface area (Å²) in [5.41, 5.74) is 4.95. The first-order valence-corrected chi connectivity index (χ1v) is 12.3. The highest BCUT2D eigenvalue weighted by molar-refractivity contribution is 8.02. The van der Waals surface area contributed by atoms with E-state index in [0.29, 0.717) is 5.56 Å². The number of hydrogen-bond acceptors (Lipinski definition) is 4. The topological polar surface area (TPSA) is 70.6 Å². The summed E-state index contributed by atoms with van der Waals surface area (Å²) in [4.78, 5) is 28.9. The molecule has 33 heavy (non-hydrogen) atoms. The van der Waals surface area contributed by atoms with Gasteiger partial charge in [0.05, 0.1) is 17.6 Å².